The Hall–Kier alpha value is -1.64. The summed E-state index contributed by atoms with van der Waals surface area (Å²) in [6, 6.07) is 9.29. The van der Waals surface area contributed by atoms with E-state index in [1.165, 1.54) is 56.3 Å². The van der Waals surface area contributed by atoms with Crippen LogP contribution in [0.5, 0.6) is 0 Å². The second kappa shape index (κ2) is 4.43. The van der Waals surface area contributed by atoms with E-state index in [0.717, 1.165) is 23.3 Å². The van der Waals surface area contributed by atoms with Crippen LogP contribution in [0.25, 0.3) is 10.9 Å². The topological polar surface area (TPSA) is 29.0 Å². The smallest absolute Gasteiger partial charge is 0.140 e. The van der Waals surface area contributed by atoms with Crippen LogP contribution in [0.4, 0.5) is 5.82 Å². The summed E-state index contributed by atoms with van der Waals surface area (Å²) in [5.41, 5.74) is 1.13. The average Bonchev–Trinajstić information content (AvgIpc) is 3.13. The van der Waals surface area contributed by atoms with Crippen LogP contribution in [0.15, 0.2) is 24.3 Å². The molecule has 3 fully saturated rings. The van der Waals surface area contributed by atoms with Crippen LogP contribution in [0.1, 0.15) is 50.3 Å². The van der Waals surface area contributed by atoms with Crippen molar-refractivity contribution in [3.8, 4) is 0 Å². The molecular formula is C18H21N3. The maximum atomic E-state index is 5.02. The molecule has 1 aliphatic heterocycles. The highest BCUT2D eigenvalue weighted by atomic mass is 15.2. The summed E-state index contributed by atoms with van der Waals surface area (Å²) < 4.78 is 0. The van der Waals surface area contributed by atoms with Crippen LogP contribution in [0.3, 0.4) is 0 Å². The average molecular weight is 279 g/mol. The molecule has 3 nitrogen and oxygen atoms in total. The SMILES string of the molecule is c1ccc2c(N3CC[C@@H]4CCC[C@@H]43)nc(C3CC3)nc2c1. The highest BCUT2D eigenvalue weighted by Crippen LogP contribution is 2.43. The molecule has 0 N–H and O–H groups in total. The van der Waals surface area contributed by atoms with Gasteiger partial charge in [0.15, 0.2) is 0 Å². The second-order valence-electron chi connectivity index (χ2n) is 6.94. The Morgan fingerprint density at radius 3 is 2.76 bits per heavy atom. The maximum Gasteiger partial charge on any atom is 0.140 e. The third-order valence-corrected chi connectivity index (χ3v) is 5.58. The normalized spacial score (nSPS) is 28.3. The van der Waals surface area contributed by atoms with E-state index in [1.54, 1.807) is 0 Å². The first-order valence-corrected chi connectivity index (χ1v) is 8.43. The molecule has 21 heavy (non-hydrogen) atoms. The largest absolute Gasteiger partial charge is 0.353 e. The minimum Gasteiger partial charge on any atom is -0.353 e. The molecule has 0 bridgehead atoms. The summed E-state index contributed by atoms with van der Waals surface area (Å²) in [5.74, 6) is 3.83. The molecule has 2 aromatic rings. The van der Waals surface area contributed by atoms with Crippen LogP contribution in [0, 0.1) is 5.92 Å². The lowest BCUT2D eigenvalue weighted by molar-refractivity contribution is 0.540. The molecule has 2 saturated carbocycles. The quantitative estimate of drug-likeness (QED) is 0.835. The predicted octanol–water partition coefficient (Wildman–Crippen LogP) is 3.89. The third kappa shape index (κ3) is 1.86. The zero-order valence-electron chi connectivity index (χ0n) is 12.3. The monoisotopic (exact) mass is 279 g/mol. The lowest BCUT2D eigenvalue weighted by Gasteiger charge is -2.26. The Labute approximate surface area is 125 Å². The number of hydrogen-bond donors (Lipinski definition) is 0. The number of rotatable bonds is 2. The second-order valence-corrected chi connectivity index (χ2v) is 6.94. The number of hydrogen-bond acceptors (Lipinski definition) is 3. The minimum absolute atomic E-state index is 0.621. The van der Waals surface area contributed by atoms with Gasteiger partial charge < -0.3 is 4.90 Å². The van der Waals surface area contributed by atoms with E-state index >= 15 is 0 Å². The van der Waals surface area contributed by atoms with E-state index < -0.39 is 0 Å². The van der Waals surface area contributed by atoms with Crippen molar-refractivity contribution in [3.63, 3.8) is 0 Å². The highest BCUT2D eigenvalue weighted by Gasteiger charge is 2.39. The lowest BCUT2D eigenvalue weighted by Crippen LogP contribution is -2.31. The summed E-state index contributed by atoms with van der Waals surface area (Å²) in [6.45, 7) is 1.18. The predicted molar refractivity (Wildman–Crippen MR) is 84.6 cm³/mol. The molecule has 0 spiro atoms. The highest BCUT2D eigenvalue weighted by molar-refractivity contribution is 5.89. The maximum absolute atomic E-state index is 5.02. The molecule has 1 aromatic carbocycles. The number of fused-ring (bicyclic) bond motifs is 2. The number of para-hydroxylation sites is 1. The van der Waals surface area contributed by atoms with Gasteiger partial charge in [-0.3, -0.25) is 0 Å². The summed E-state index contributed by atoms with van der Waals surface area (Å²) in [5, 5.41) is 1.24. The first-order chi connectivity index (χ1) is 10.4. The van der Waals surface area contributed by atoms with Crippen molar-refractivity contribution in [3.05, 3.63) is 30.1 Å². The summed E-state index contributed by atoms with van der Waals surface area (Å²) in [7, 11) is 0. The lowest BCUT2D eigenvalue weighted by atomic mass is 10.0. The number of aromatic nitrogens is 2. The molecule has 1 saturated heterocycles. The van der Waals surface area contributed by atoms with Crippen molar-refractivity contribution >= 4 is 16.7 Å². The fraction of sp³-hybridized carbons (Fsp3) is 0.556. The number of benzene rings is 1. The Balaban J connectivity index is 1.66. The Kier molecular flexibility index (Phi) is 2.52. The molecule has 2 aliphatic carbocycles. The third-order valence-electron chi connectivity index (χ3n) is 5.58. The van der Waals surface area contributed by atoms with Crippen LogP contribution >= 0.6 is 0 Å². The Morgan fingerprint density at radius 1 is 0.952 bits per heavy atom. The van der Waals surface area contributed by atoms with Crippen LogP contribution in [-0.4, -0.2) is 22.6 Å². The van der Waals surface area contributed by atoms with E-state index in [1.807, 2.05) is 0 Å². The molecule has 0 amide bonds. The molecular weight excluding hydrogens is 258 g/mol. The Bertz CT molecular complexity index is 692. The van der Waals surface area contributed by atoms with Crippen molar-refractivity contribution < 1.29 is 0 Å². The molecule has 5 rings (SSSR count). The van der Waals surface area contributed by atoms with Crippen LogP contribution in [-0.2, 0) is 0 Å². The van der Waals surface area contributed by atoms with Crippen molar-refractivity contribution in [1.29, 1.82) is 0 Å². The zero-order valence-corrected chi connectivity index (χ0v) is 12.3. The molecule has 3 aliphatic rings. The van der Waals surface area contributed by atoms with Gasteiger partial charge in [0.2, 0.25) is 0 Å². The van der Waals surface area contributed by atoms with Gasteiger partial charge in [0.1, 0.15) is 11.6 Å². The van der Waals surface area contributed by atoms with Crippen molar-refractivity contribution in [2.24, 2.45) is 5.92 Å². The molecule has 0 unspecified atom stereocenters. The van der Waals surface area contributed by atoms with Gasteiger partial charge in [-0.05, 0) is 50.2 Å². The van der Waals surface area contributed by atoms with Gasteiger partial charge >= 0.3 is 0 Å². The van der Waals surface area contributed by atoms with Gasteiger partial charge in [0.05, 0.1) is 5.52 Å². The van der Waals surface area contributed by atoms with E-state index in [2.05, 4.69) is 29.2 Å². The van der Waals surface area contributed by atoms with Gasteiger partial charge in [-0.2, -0.15) is 0 Å². The van der Waals surface area contributed by atoms with E-state index in [-0.39, 0.29) is 0 Å². The molecule has 2 heterocycles. The van der Waals surface area contributed by atoms with E-state index in [4.69, 9.17) is 9.97 Å². The molecule has 3 heteroatoms. The van der Waals surface area contributed by atoms with Gasteiger partial charge in [-0.1, -0.05) is 18.6 Å². The van der Waals surface area contributed by atoms with Crippen LogP contribution in [0.2, 0.25) is 0 Å². The number of nitrogens with zero attached hydrogens (tertiary/aromatic N) is 3. The first kappa shape index (κ1) is 12.0. The fourth-order valence-electron chi connectivity index (χ4n) is 4.32. The molecule has 2 atom stereocenters. The van der Waals surface area contributed by atoms with Gasteiger partial charge in [0, 0.05) is 23.9 Å². The Morgan fingerprint density at radius 2 is 1.86 bits per heavy atom. The molecule has 1 aromatic heterocycles. The first-order valence-electron chi connectivity index (χ1n) is 8.43. The standard InChI is InChI=1S/C18H21N3/c1-2-6-15-14(5-1)18(20-17(19-15)13-8-9-13)21-11-10-12-4-3-7-16(12)21/h1-2,5-6,12-13,16H,3-4,7-11H2/t12-,16-/m0/s1. The van der Waals surface area contributed by atoms with Gasteiger partial charge in [-0.15, -0.1) is 0 Å². The number of anilines is 1. The summed E-state index contributed by atoms with van der Waals surface area (Å²) in [6.07, 6.45) is 8.04. The summed E-state index contributed by atoms with van der Waals surface area (Å²) in [4.78, 5) is 12.4. The van der Waals surface area contributed by atoms with Gasteiger partial charge in [0.25, 0.3) is 0 Å². The fourth-order valence-corrected chi connectivity index (χ4v) is 4.32. The molecule has 0 radical (unpaired) electrons. The minimum atomic E-state index is 0.621. The van der Waals surface area contributed by atoms with E-state index in [9.17, 15) is 0 Å². The van der Waals surface area contributed by atoms with Crippen molar-refractivity contribution in [1.82, 2.24) is 9.97 Å². The van der Waals surface area contributed by atoms with E-state index in [0.29, 0.717) is 5.92 Å². The van der Waals surface area contributed by atoms with Crippen molar-refractivity contribution in [2.45, 2.75) is 50.5 Å². The zero-order chi connectivity index (χ0) is 13.8. The van der Waals surface area contributed by atoms with Gasteiger partial charge in [-0.25, -0.2) is 9.97 Å². The molecule has 108 valence electrons. The summed E-state index contributed by atoms with van der Waals surface area (Å²) >= 11 is 0. The van der Waals surface area contributed by atoms with Crippen molar-refractivity contribution in [2.75, 3.05) is 11.4 Å². The van der Waals surface area contributed by atoms with Crippen LogP contribution < -0.4 is 4.90 Å².